The normalized spacial score (nSPS) is 22.4. The molecule has 0 amide bonds. The van der Waals surface area contributed by atoms with Gasteiger partial charge in [-0.25, -0.2) is 4.39 Å². The van der Waals surface area contributed by atoms with E-state index < -0.39 is 0 Å². The summed E-state index contributed by atoms with van der Waals surface area (Å²) in [5.74, 6) is 0.183. The van der Waals surface area contributed by atoms with Crippen LogP contribution in [0.25, 0.3) is 0 Å². The third-order valence-electron chi connectivity index (χ3n) is 4.49. The number of likely N-dealkylation sites (tertiary alicyclic amines) is 1. The fourth-order valence-electron chi connectivity index (χ4n) is 3.17. The van der Waals surface area contributed by atoms with Crippen molar-refractivity contribution in [3.05, 3.63) is 29.1 Å². The number of benzene rings is 1. The second-order valence-corrected chi connectivity index (χ2v) is 5.73. The number of nitrogen functional groups attached to an aromatic ring is 1. The van der Waals surface area contributed by atoms with Crippen LogP contribution >= 0.6 is 0 Å². The number of anilines is 1. The van der Waals surface area contributed by atoms with Crippen molar-refractivity contribution in [2.75, 3.05) is 32.0 Å². The summed E-state index contributed by atoms with van der Waals surface area (Å²) >= 11 is 0. The van der Waals surface area contributed by atoms with Gasteiger partial charge in [0.25, 0.3) is 0 Å². The average Bonchev–Trinajstić information content (AvgIpc) is 2.33. The highest BCUT2D eigenvalue weighted by molar-refractivity contribution is 5.47. The van der Waals surface area contributed by atoms with Gasteiger partial charge in [0.1, 0.15) is 5.82 Å². The summed E-state index contributed by atoms with van der Waals surface area (Å²) in [6, 6.07) is 4.01. The van der Waals surface area contributed by atoms with Gasteiger partial charge in [0.15, 0.2) is 0 Å². The van der Waals surface area contributed by atoms with Gasteiger partial charge < -0.3 is 10.5 Å². The molecule has 0 saturated carbocycles. The highest BCUT2D eigenvalue weighted by atomic mass is 19.1. The molecule has 0 spiro atoms. The van der Waals surface area contributed by atoms with Gasteiger partial charge in [-0.15, -0.1) is 0 Å². The Morgan fingerprint density at radius 2 is 1.95 bits per heavy atom. The maximum Gasteiger partial charge on any atom is 0.146 e. The van der Waals surface area contributed by atoms with Crippen molar-refractivity contribution in [3.63, 3.8) is 0 Å². The molecule has 2 aliphatic rings. The predicted molar refractivity (Wildman–Crippen MR) is 73.7 cm³/mol. The van der Waals surface area contributed by atoms with Crippen molar-refractivity contribution in [2.45, 2.75) is 31.7 Å². The van der Waals surface area contributed by atoms with Crippen LogP contribution in [0.2, 0.25) is 0 Å². The van der Waals surface area contributed by atoms with Gasteiger partial charge in [-0.1, -0.05) is 0 Å². The number of hydrogen-bond acceptors (Lipinski definition) is 3. The summed E-state index contributed by atoms with van der Waals surface area (Å²) in [6.45, 7) is 5.95. The standard InChI is InChI=1S/C15H21FN2O/c1-10-6-15(17)14(16)7-13(10)11-2-4-18(5-3-11)12-8-19-9-12/h6-7,11-12H,2-5,8-9,17H2,1H3. The minimum atomic E-state index is -0.282. The first-order valence-corrected chi connectivity index (χ1v) is 7.02. The van der Waals surface area contributed by atoms with Gasteiger partial charge in [-0.2, -0.15) is 0 Å². The zero-order chi connectivity index (χ0) is 13.4. The lowest BCUT2D eigenvalue weighted by Gasteiger charge is -2.41. The number of hydrogen-bond donors (Lipinski definition) is 1. The number of halogens is 1. The highest BCUT2D eigenvalue weighted by Crippen LogP contribution is 2.33. The predicted octanol–water partition coefficient (Wildman–Crippen LogP) is 2.29. The third-order valence-corrected chi connectivity index (χ3v) is 4.49. The van der Waals surface area contributed by atoms with Crippen LogP contribution in [0.3, 0.4) is 0 Å². The Bertz CT molecular complexity index is 465. The Balaban J connectivity index is 1.69. The Hall–Kier alpha value is -1.13. The molecule has 0 atom stereocenters. The Kier molecular flexibility index (Phi) is 3.46. The minimum absolute atomic E-state index is 0.255. The van der Waals surface area contributed by atoms with Gasteiger partial charge in [-0.3, -0.25) is 4.90 Å². The first-order valence-electron chi connectivity index (χ1n) is 7.02. The lowest BCUT2D eigenvalue weighted by molar-refractivity contribution is -0.0712. The molecule has 0 unspecified atom stereocenters. The number of piperidine rings is 1. The second kappa shape index (κ2) is 5.10. The van der Waals surface area contributed by atoms with Crippen molar-refractivity contribution >= 4 is 5.69 Å². The second-order valence-electron chi connectivity index (χ2n) is 5.73. The van der Waals surface area contributed by atoms with E-state index in [9.17, 15) is 4.39 Å². The number of ether oxygens (including phenoxy) is 1. The number of aryl methyl sites for hydroxylation is 1. The van der Waals surface area contributed by atoms with Gasteiger partial charge in [0.2, 0.25) is 0 Å². The van der Waals surface area contributed by atoms with Gasteiger partial charge in [0.05, 0.1) is 24.9 Å². The van der Waals surface area contributed by atoms with E-state index in [1.54, 1.807) is 12.1 Å². The van der Waals surface area contributed by atoms with Crippen molar-refractivity contribution in [2.24, 2.45) is 0 Å². The van der Waals surface area contributed by atoms with Crippen molar-refractivity contribution in [3.8, 4) is 0 Å². The summed E-state index contributed by atoms with van der Waals surface area (Å²) in [5.41, 5.74) is 8.11. The molecule has 19 heavy (non-hydrogen) atoms. The summed E-state index contributed by atoms with van der Waals surface area (Å²) < 4.78 is 18.9. The molecule has 0 radical (unpaired) electrons. The smallest absolute Gasteiger partial charge is 0.146 e. The van der Waals surface area contributed by atoms with Crippen LogP contribution < -0.4 is 5.73 Å². The van der Waals surface area contributed by atoms with Crippen LogP contribution in [0.4, 0.5) is 10.1 Å². The summed E-state index contributed by atoms with van der Waals surface area (Å²) in [6.07, 6.45) is 2.20. The Morgan fingerprint density at radius 3 is 2.53 bits per heavy atom. The molecule has 2 heterocycles. The van der Waals surface area contributed by atoms with Gasteiger partial charge in [-0.05, 0) is 62.0 Å². The first-order chi connectivity index (χ1) is 9.15. The summed E-state index contributed by atoms with van der Waals surface area (Å²) in [7, 11) is 0. The van der Waals surface area contributed by atoms with Crippen LogP contribution in [0.15, 0.2) is 12.1 Å². The maximum atomic E-state index is 13.6. The molecule has 0 bridgehead atoms. The molecular weight excluding hydrogens is 243 g/mol. The summed E-state index contributed by atoms with van der Waals surface area (Å²) in [4.78, 5) is 2.50. The fraction of sp³-hybridized carbons (Fsp3) is 0.600. The van der Waals surface area contributed by atoms with E-state index in [2.05, 4.69) is 4.90 Å². The van der Waals surface area contributed by atoms with E-state index in [-0.39, 0.29) is 11.5 Å². The molecule has 2 aliphatic heterocycles. The zero-order valence-corrected chi connectivity index (χ0v) is 11.4. The quantitative estimate of drug-likeness (QED) is 0.833. The lowest BCUT2D eigenvalue weighted by Crippen LogP contribution is -2.51. The van der Waals surface area contributed by atoms with Crippen LogP contribution in [0.5, 0.6) is 0 Å². The van der Waals surface area contributed by atoms with E-state index in [0.29, 0.717) is 12.0 Å². The molecule has 2 N–H and O–H groups in total. The van der Waals surface area contributed by atoms with Crippen molar-refractivity contribution in [1.29, 1.82) is 0 Å². The molecule has 3 nitrogen and oxygen atoms in total. The zero-order valence-electron chi connectivity index (χ0n) is 11.4. The molecule has 4 heteroatoms. The molecule has 2 fully saturated rings. The largest absolute Gasteiger partial charge is 0.396 e. The molecule has 0 aromatic heterocycles. The lowest BCUT2D eigenvalue weighted by atomic mass is 9.86. The monoisotopic (exact) mass is 264 g/mol. The summed E-state index contributed by atoms with van der Waals surface area (Å²) in [5, 5.41) is 0. The van der Waals surface area contributed by atoms with Crippen molar-refractivity contribution in [1.82, 2.24) is 4.90 Å². The number of nitrogens with zero attached hydrogens (tertiary/aromatic N) is 1. The van der Waals surface area contributed by atoms with Crippen LogP contribution in [0.1, 0.15) is 29.9 Å². The topological polar surface area (TPSA) is 38.5 Å². The molecule has 3 rings (SSSR count). The van der Waals surface area contributed by atoms with E-state index in [1.165, 1.54) is 0 Å². The van der Waals surface area contributed by atoms with Gasteiger partial charge >= 0.3 is 0 Å². The van der Waals surface area contributed by atoms with Crippen LogP contribution in [0, 0.1) is 12.7 Å². The first kappa shape index (κ1) is 12.9. The van der Waals surface area contributed by atoms with Crippen LogP contribution in [-0.2, 0) is 4.74 Å². The van der Waals surface area contributed by atoms with Crippen LogP contribution in [-0.4, -0.2) is 37.2 Å². The average molecular weight is 264 g/mol. The van der Waals surface area contributed by atoms with E-state index >= 15 is 0 Å². The SMILES string of the molecule is Cc1cc(N)c(F)cc1C1CCN(C2COC2)CC1. The molecule has 104 valence electrons. The number of nitrogens with two attached hydrogens (primary N) is 1. The minimum Gasteiger partial charge on any atom is -0.396 e. The fourth-order valence-corrected chi connectivity index (χ4v) is 3.17. The molecule has 1 aromatic rings. The molecule has 1 aromatic carbocycles. The molecule has 0 aliphatic carbocycles. The molecular formula is C15H21FN2O. The Morgan fingerprint density at radius 1 is 1.26 bits per heavy atom. The Labute approximate surface area is 113 Å². The van der Waals surface area contributed by atoms with Crippen molar-refractivity contribution < 1.29 is 9.13 Å². The maximum absolute atomic E-state index is 13.6. The molecule has 2 saturated heterocycles. The van der Waals surface area contributed by atoms with E-state index in [4.69, 9.17) is 10.5 Å². The third kappa shape index (κ3) is 2.47. The van der Waals surface area contributed by atoms with E-state index in [1.807, 2.05) is 6.92 Å². The number of rotatable bonds is 2. The highest BCUT2D eigenvalue weighted by Gasteiger charge is 2.30. The van der Waals surface area contributed by atoms with E-state index in [0.717, 1.165) is 50.3 Å². The van der Waals surface area contributed by atoms with Gasteiger partial charge in [0, 0.05) is 0 Å².